The molecule has 0 amide bonds. The van der Waals surface area contributed by atoms with Gasteiger partial charge in [-0.15, -0.1) is 0 Å². The molecule has 0 radical (unpaired) electrons. The van der Waals surface area contributed by atoms with Gasteiger partial charge in [0.25, 0.3) is 0 Å². The third-order valence-corrected chi connectivity index (χ3v) is 6.08. The molecular weight excluding hydrogens is 332 g/mol. The van der Waals surface area contributed by atoms with Gasteiger partial charge in [0, 0.05) is 19.5 Å². The minimum atomic E-state index is -0.00774. The van der Waals surface area contributed by atoms with Crippen LogP contribution in [0, 0.1) is 0 Å². The van der Waals surface area contributed by atoms with Gasteiger partial charge in [-0.3, -0.25) is 0 Å². The smallest absolute Gasteiger partial charge is 0.143 e. The van der Waals surface area contributed by atoms with E-state index in [9.17, 15) is 0 Å². The van der Waals surface area contributed by atoms with Crippen molar-refractivity contribution < 1.29 is 4.74 Å². The molecule has 4 rings (SSSR count). The Morgan fingerprint density at radius 3 is 2.37 bits per heavy atom. The lowest BCUT2D eigenvalue weighted by Crippen LogP contribution is -2.47. The normalized spacial score (nSPS) is 19.3. The van der Waals surface area contributed by atoms with Crippen molar-refractivity contribution in [1.29, 1.82) is 0 Å². The van der Waals surface area contributed by atoms with Crippen LogP contribution in [0.25, 0.3) is 0 Å². The van der Waals surface area contributed by atoms with Gasteiger partial charge in [-0.2, -0.15) is 0 Å². The van der Waals surface area contributed by atoms with Crippen LogP contribution in [0.3, 0.4) is 0 Å². The predicted octanol–water partition coefficient (Wildman–Crippen LogP) is 4.90. The van der Waals surface area contributed by atoms with Gasteiger partial charge in [-0.25, -0.2) is 0 Å². The summed E-state index contributed by atoms with van der Waals surface area (Å²) in [5.74, 6) is 1.04. The molecule has 2 aliphatic rings. The van der Waals surface area contributed by atoms with Crippen molar-refractivity contribution in [2.24, 2.45) is 0 Å². The Bertz CT molecular complexity index is 770. The van der Waals surface area contributed by atoms with E-state index in [0.29, 0.717) is 0 Å². The molecule has 0 aliphatic carbocycles. The fraction of sp³-hybridized carbons (Fsp3) is 0.500. The fourth-order valence-electron chi connectivity index (χ4n) is 4.28. The number of para-hydroxylation sites is 2. The molecular formula is C24H32N2O. The number of piperidine rings is 1. The van der Waals surface area contributed by atoms with Gasteiger partial charge in [-0.1, -0.05) is 57.2 Å². The van der Waals surface area contributed by atoms with Gasteiger partial charge >= 0.3 is 0 Å². The first kappa shape index (κ1) is 18.4. The van der Waals surface area contributed by atoms with E-state index in [2.05, 4.69) is 79.5 Å². The topological polar surface area (TPSA) is 24.5 Å². The van der Waals surface area contributed by atoms with Crippen molar-refractivity contribution in [3.8, 4) is 5.75 Å². The van der Waals surface area contributed by atoms with E-state index >= 15 is 0 Å². The molecule has 3 heteroatoms. The molecule has 1 saturated heterocycles. The zero-order valence-electron chi connectivity index (χ0n) is 16.9. The quantitative estimate of drug-likeness (QED) is 0.821. The Balaban J connectivity index is 1.58. The highest BCUT2D eigenvalue weighted by molar-refractivity contribution is 5.59. The predicted molar refractivity (Wildman–Crippen MR) is 113 cm³/mol. The van der Waals surface area contributed by atoms with E-state index in [1.165, 1.54) is 16.8 Å². The number of benzene rings is 2. The fourth-order valence-corrected chi connectivity index (χ4v) is 4.28. The summed E-state index contributed by atoms with van der Waals surface area (Å²) < 4.78 is 6.64. The number of ether oxygens (including phenoxy) is 1. The summed E-state index contributed by atoms with van der Waals surface area (Å²) in [6, 6.07) is 17.7. The summed E-state index contributed by atoms with van der Waals surface area (Å²) >= 11 is 0. The third kappa shape index (κ3) is 3.98. The van der Waals surface area contributed by atoms with Crippen LogP contribution in [0.1, 0.15) is 51.2 Å². The second-order valence-corrected chi connectivity index (χ2v) is 9.12. The second kappa shape index (κ2) is 7.20. The van der Waals surface area contributed by atoms with Crippen LogP contribution in [0.4, 0.5) is 5.69 Å². The van der Waals surface area contributed by atoms with Crippen molar-refractivity contribution >= 4 is 5.69 Å². The van der Waals surface area contributed by atoms with E-state index in [0.717, 1.165) is 51.2 Å². The van der Waals surface area contributed by atoms with Gasteiger partial charge in [0.2, 0.25) is 0 Å². The summed E-state index contributed by atoms with van der Waals surface area (Å²) in [5, 5.41) is 3.48. The molecule has 0 unspecified atom stereocenters. The van der Waals surface area contributed by atoms with Gasteiger partial charge < -0.3 is 15.0 Å². The van der Waals surface area contributed by atoms with Crippen molar-refractivity contribution in [2.75, 3.05) is 24.5 Å². The Hall–Kier alpha value is -2.00. The Morgan fingerprint density at radius 1 is 0.963 bits per heavy atom. The molecule has 0 bridgehead atoms. The van der Waals surface area contributed by atoms with E-state index in [4.69, 9.17) is 4.74 Å². The van der Waals surface area contributed by atoms with Crippen LogP contribution in [-0.4, -0.2) is 25.2 Å². The number of rotatable bonds is 2. The maximum atomic E-state index is 6.64. The number of nitrogens with one attached hydrogen (secondary N) is 1. The van der Waals surface area contributed by atoms with Crippen molar-refractivity contribution in [1.82, 2.24) is 5.32 Å². The molecule has 3 nitrogen and oxygen atoms in total. The van der Waals surface area contributed by atoms with Gasteiger partial charge in [0.15, 0.2) is 0 Å². The minimum absolute atomic E-state index is 0.00774. The zero-order chi connectivity index (χ0) is 18.9. The van der Waals surface area contributed by atoms with Crippen LogP contribution in [0.2, 0.25) is 0 Å². The summed E-state index contributed by atoms with van der Waals surface area (Å²) in [7, 11) is 0. The molecule has 2 heterocycles. The monoisotopic (exact) mass is 364 g/mol. The Morgan fingerprint density at radius 2 is 1.67 bits per heavy atom. The number of fused-ring (bicyclic) bond motifs is 1. The maximum absolute atomic E-state index is 6.64. The number of nitrogens with zero attached hydrogens (tertiary/aromatic N) is 1. The summed E-state index contributed by atoms with van der Waals surface area (Å²) in [6.45, 7) is 10.9. The average Bonchev–Trinajstić information content (AvgIpc) is 2.80. The Kier molecular flexibility index (Phi) is 4.90. The van der Waals surface area contributed by atoms with Crippen LogP contribution in [0.15, 0.2) is 48.5 Å². The molecule has 2 aromatic carbocycles. The summed E-state index contributed by atoms with van der Waals surface area (Å²) in [4.78, 5) is 2.50. The van der Waals surface area contributed by atoms with Crippen LogP contribution >= 0.6 is 0 Å². The van der Waals surface area contributed by atoms with E-state index in [1.807, 2.05) is 0 Å². The largest absolute Gasteiger partial charge is 0.485 e. The molecule has 2 aliphatic heterocycles. The molecule has 144 valence electrons. The summed E-state index contributed by atoms with van der Waals surface area (Å²) in [6.07, 6.45) is 3.27. The zero-order valence-corrected chi connectivity index (χ0v) is 16.9. The van der Waals surface area contributed by atoms with Crippen LogP contribution < -0.4 is 15.0 Å². The van der Waals surface area contributed by atoms with Crippen molar-refractivity contribution in [3.63, 3.8) is 0 Å². The molecule has 0 saturated carbocycles. The van der Waals surface area contributed by atoms with Gasteiger partial charge in [0.05, 0.1) is 5.69 Å². The molecule has 0 aromatic heterocycles. The average molecular weight is 365 g/mol. The third-order valence-electron chi connectivity index (χ3n) is 6.08. The van der Waals surface area contributed by atoms with Crippen molar-refractivity contribution in [3.05, 3.63) is 59.7 Å². The Labute approximate surface area is 163 Å². The molecule has 1 fully saturated rings. The van der Waals surface area contributed by atoms with Gasteiger partial charge in [0.1, 0.15) is 11.4 Å². The highest BCUT2D eigenvalue weighted by Gasteiger charge is 2.37. The van der Waals surface area contributed by atoms with Crippen LogP contribution in [0.5, 0.6) is 5.75 Å². The minimum Gasteiger partial charge on any atom is -0.485 e. The van der Waals surface area contributed by atoms with Gasteiger partial charge in [-0.05, 0) is 54.6 Å². The SMILES string of the molecule is CC(C)(C)c1ccc(CN2CCC3(CCNCC3)Oc3ccccc32)cc1. The lowest BCUT2D eigenvalue weighted by atomic mass is 9.86. The lowest BCUT2D eigenvalue weighted by molar-refractivity contribution is 0.0350. The van der Waals surface area contributed by atoms with E-state index < -0.39 is 0 Å². The van der Waals surface area contributed by atoms with Crippen molar-refractivity contribution in [2.45, 2.75) is 57.6 Å². The number of anilines is 1. The molecule has 0 atom stereocenters. The highest BCUT2D eigenvalue weighted by Crippen LogP contribution is 2.40. The molecule has 1 spiro atoms. The second-order valence-electron chi connectivity index (χ2n) is 9.12. The first-order valence-electron chi connectivity index (χ1n) is 10.3. The maximum Gasteiger partial charge on any atom is 0.143 e. The highest BCUT2D eigenvalue weighted by atomic mass is 16.5. The first-order chi connectivity index (χ1) is 13.0. The molecule has 27 heavy (non-hydrogen) atoms. The summed E-state index contributed by atoms with van der Waals surface area (Å²) in [5.41, 5.74) is 4.17. The van der Waals surface area contributed by atoms with E-state index in [1.54, 1.807) is 0 Å². The number of hydrogen-bond acceptors (Lipinski definition) is 3. The standard InChI is InChI=1S/C24H32N2O/c1-23(2,3)20-10-8-19(9-11-20)18-26-17-14-24(12-15-25-16-13-24)27-22-7-5-4-6-21(22)26/h4-11,25H,12-18H2,1-3H3. The van der Waals surface area contributed by atoms with E-state index in [-0.39, 0.29) is 11.0 Å². The first-order valence-corrected chi connectivity index (χ1v) is 10.3. The number of hydrogen-bond donors (Lipinski definition) is 1. The lowest BCUT2D eigenvalue weighted by Gasteiger charge is -2.37. The molecule has 1 N–H and O–H groups in total. The van der Waals surface area contributed by atoms with Crippen LogP contribution in [-0.2, 0) is 12.0 Å². The molecule has 2 aromatic rings.